The summed E-state index contributed by atoms with van der Waals surface area (Å²) in [6, 6.07) is 26.2. The molecule has 0 N–H and O–H groups in total. The van der Waals surface area contributed by atoms with E-state index >= 15 is 0 Å². The first kappa shape index (κ1) is 26.4. The molecule has 7 nitrogen and oxygen atoms in total. The summed E-state index contributed by atoms with van der Waals surface area (Å²) in [4.78, 5) is 36.3. The van der Waals surface area contributed by atoms with Gasteiger partial charge in [-0.25, -0.2) is 4.79 Å². The minimum Gasteiger partial charge on any atom is -0.426 e. The topological polar surface area (TPSA) is 95.7 Å². The molecule has 194 valence electrons. The third-order valence-electron chi connectivity index (χ3n) is 5.77. The lowest BCUT2D eigenvalue weighted by molar-refractivity contribution is -0.496. The van der Waals surface area contributed by atoms with Crippen LogP contribution in [0.1, 0.15) is 21.5 Å². The highest BCUT2D eigenvalue weighted by Crippen LogP contribution is 2.30. The lowest BCUT2D eigenvalue weighted by atomic mass is 10.0. The van der Waals surface area contributed by atoms with E-state index in [1.807, 2.05) is 42.5 Å². The largest absolute Gasteiger partial charge is 0.426 e. The van der Waals surface area contributed by atoms with E-state index in [4.69, 9.17) is 21.7 Å². The molecule has 0 aliphatic rings. The van der Waals surface area contributed by atoms with Crippen LogP contribution in [0.3, 0.4) is 0 Å². The van der Waals surface area contributed by atoms with Crippen LogP contribution in [0, 0.1) is 13.9 Å². The second kappa shape index (κ2) is 11.6. The lowest BCUT2D eigenvalue weighted by Crippen LogP contribution is -2.11. The maximum Gasteiger partial charge on any atom is 0.343 e. The molecule has 0 unspecified atom stereocenters. The smallest absolute Gasteiger partial charge is 0.343 e. The van der Waals surface area contributed by atoms with Gasteiger partial charge in [-0.3, -0.25) is 14.9 Å². The molecular weight excluding hydrogens is 555 g/mol. The highest BCUT2D eigenvalue weighted by Gasteiger charge is 2.12. The molecule has 0 bridgehead atoms. The van der Waals surface area contributed by atoms with E-state index in [1.165, 1.54) is 24.3 Å². The average Bonchev–Trinajstić information content (AvgIpc) is 3.35. The first-order valence-corrected chi connectivity index (χ1v) is 14.3. The quantitative estimate of drug-likeness (QED) is 0.0473. The molecule has 0 aliphatic carbocycles. The number of nitrogens with zero attached hydrogens (tertiary/aromatic N) is 1. The molecule has 0 amide bonds. The Morgan fingerprint density at radius 2 is 1.44 bits per heavy atom. The van der Waals surface area contributed by atoms with E-state index in [9.17, 15) is 19.7 Å². The van der Waals surface area contributed by atoms with Gasteiger partial charge >= 0.3 is 11.9 Å². The predicted molar refractivity (Wildman–Crippen MR) is 154 cm³/mol. The van der Waals surface area contributed by atoms with E-state index in [2.05, 4.69) is 0 Å². The first-order chi connectivity index (χ1) is 18.8. The zero-order valence-corrected chi connectivity index (χ0v) is 22.6. The normalized spacial score (nSPS) is 10.8. The molecule has 4 aromatic carbocycles. The van der Waals surface area contributed by atoms with Gasteiger partial charge in [0.15, 0.2) is 0 Å². The van der Waals surface area contributed by atoms with Crippen molar-refractivity contribution in [2.45, 2.75) is 13.0 Å². The van der Waals surface area contributed by atoms with Crippen molar-refractivity contribution < 1.29 is 24.0 Å². The monoisotopic (exact) mass is 573 g/mol. The fraction of sp³-hybridized carbons (Fsp3) is 0.0690. The van der Waals surface area contributed by atoms with Crippen molar-refractivity contribution in [1.29, 1.82) is 0 Å². The molecule has 0 fully saturated rings. The van der Waals surface area contributed by atoms with Crippen LogP contribution in [0.4, 0.5) is 0 Å². The Labute approximate surface area is 235 Å². The van der Waals surface area contributed by atoms with Crippen molar-refractivity contribution in [2.24, 2.45) is 0 Å². The van der Waals surface area contributed by atoms with Gasteiger partial charge in [0.05, 0.1) is 12.0 Å². The van der Waals surface area contributed by atoms with Gasteiger partial charge in [0.2, 0.25) is 6.54 Å². The molecule has 39 heavy (non-hydrogen) atoms. The highest BCUT2D eigenvalue weighted by molar-refractivity contribution is 7.80. The van der Waals surface area contributed by atoms with Crippen molar-refractivity contribution in [2.75, 3.05) is 0 Å². The van der Waals surface area contributed by atoms with Crippen molar-refractivity contribution in [3.8, 4) is 21.9 Å². The maximum atomic E-state index is 12.5. The lowest BCUT2D eigenvalue weighted by Gasteiger charge is -2.08. The summed E-state index contributed by atoms with van der Waals surface area (Å²) in [7, 11) is 3.17. The number of carbonyl (C=O) groups excluding carboxylic acids is 2. The Bertz CT molecular complexity index is 1740. The van der Waals surface area contributed by atoms with E-state index in [-0.39, 0.29) is 18.9 Å². The van der Waals surface area contributed by atoms with Crippen LogP contribution in [0.2, 0.25) is 0 Å². The van der Waals surface area contributed by atoms with Crippen LogP contribution < -0.4 is 9.47 Å². The molecule has 0 atom stereocenters. The van der Waals surface area contributed by atoms with Gasteiger partial charge in [-0.05, 0) is 76.5 Å². The maximum absolute atomic E-state index is 12.5. The number of ether oxygens (including phenoxy) is 2. The van der Waals surface area contributed by atoms with Gasteiger partial charge in [0.25, 0.3) is 0 Å². The molecule has 0 spiro atoms. The summed E-state index contributed by atoms with van der Waals surface area (Å²) in [5, 5.41) is 12.3. The Balaban J connectivity index is 1.20. The highest BCUT2D eigenvalue weighted by atomic mass is 32.9. The average molecular weight is 574 g/mol. The molecule has 0 saturated carbocycles. The summed E-state index contributed by atoms with van der Waals surface area (Å²) in [5.74, 6) is -0.0922. The minimum absolute atomic E-state index is 0.104. The fourth-order valence-corrected chi connectivity index (χ4v) is 6.30. The summed E-state index contributed by atoms with van der Waals surface area (Å²) < 4.78 is 11.8. The van der Waals surface area contributed by atoms with Crippen molar-refractivity contribution >= 4 is 55.6 Å². The van der Waals surface area contributed by atoms with Crippen molar-refractivity contribution in [3.05, 3.63) is 122 Å². The SMILES string of the molecule is O=C(Cc1ccc2cc(OC(=O)c3ccc(C[N+](=O)[O-])cc3)ccc2c1)Oc1ccc(-c2cc(=S)ss2)cc1. The van der Waals surface area contributed by atoms with Crippen molar-refractivity contribution in [3.63, 3.8) is 0 Å². The van der Waals surface area contributed by atoms with Crippen LogP contribution in [0.5, 0.6) is 11.5 Å². The molecule has 1 heterocycles. The molecule has 0 radical (unpaired) electrons. The van der Waals surface area contributed by atoms with Crippen LogP contribution in [-0.2, 0) is 17.8 Å². The summed E-state index contributed by atoms with van der Waals surface area (Å²) >= 11 is 5.19. The van der Waals surface area contributed by atoms with E-state index in [0.717, 1.165) is 30.6 Å². The van der Waals surface area contributed by atoms with E-state index in [0.29, 0.717) is 22.6 Å². The Kier molecular flexibility index (Phi) is 7.87. The molecule has 0 aliphatic heterocycles. The zero-order valence-electron chi connectivity index (χ0n) is 20.2. The number of nitro groups is 1. The number of hydrogen-bond donors (Lipinski definition) is 0. The van der Waals surface area contributed by atoms with Gasteiger partial charge in [-0.2, -0.15) is 0 Å². The predicted octanol–water partition coefficient (Wildman–Crippen LogP) is 7.50. The van der Waals surface area contributed by atoms with Crippen LogP contribution in [0.25, 0.3) is 21.2 Å². The van der Waals surface area contributed by atoms with Crippen molar-refractivity contribution in [1.82, 2.24) is 0 Å². The molecule has 10 heteroatoms. The number of benzene rings is 4. The first-order valence-electron chi connectivity index (χ1n) is 11.7. The summed E-state index contributed by atoms with van der Waals surface area (Å²) in [6.07, 6.45) is 0.104. The van der Waals surface area contributed by atoms with E-state index < -0.39 is 10.9 Å². The Hall–Kier alpha value is -4.25. The summed E-state index contributed by atoms with van der Waals surface area (Å²) in [6.45, 7) is -0.306. The number of carbonyl (C=O) groups is 2. The number of esters is 2. The zero-order chi connectivity index (χ0) is 27.4. The molecule has 0 saturated heterocycles. The third kappa shape index (κ3) is 6.80. The molecule has 5 aromatic rings. The van der Waals surface area contributed by atoms with Gasteiger partial charge in [0, 0.05) is 15.4 Å². The van der Waals surface area contributed by atoms with Crippen LogP contribution in [0.15, 0.2) is 91.0 Å². The molecular formula is C29H19NO6S3. The third-order valence-corrected chi connectivity index (χ3v) is 8.68. The van der Waals surface area contributed by atoms with Gasteiger partial charge in [-0.1, -0.05) is 69.3 Å². The van der Waals surface area contributed by atoms with Crippen LogP contribution in [-0.4, -0.2) is 16.9 Å². The fourth-order valence-electron chi connectivity index (χ4n) is 3.90. The second-order valence-electron chi connectivity index (χ2n) is 8.59. The molecule has 1 aromatic heterocycles. The van der Waals surface area contributed by atoms with Gasteiger partial charge < -0.3 is 9.47 Å². The molecule has 5 rings (SSSR count). The van der Waals surface area contributed by atoms with Gasteiger partial charge in [0.1, 0.15) is 15.3 Å². The van der Waals surface area contributed by atoms with E-state index in [1.54, 1.807) is 44.9 Å². The standard InChI is InChI=1S/C29H19NO6S3/c31-27(35-24-10-7-20(8-11-24)26-16-28(37)39-38-26)14-19-3-6-23-15-25(12-9-22(23)13-19)36-29(32)21-4-1-18(2-5-21)17-30(33)34/h1-13,15-16H,14,17H2. The van der Waals surface area contributed by atoms with Crippen LogP contribution >= 0.6 is 32.9 Å². The number of hydrogen-bond acceptors (Lipinski definition) is 9. The minimum atomic E-state index is -0.560. The summed E-state index contributed by atoms with van der Waals surface area (Å²) in [5.41, 5.74) is 2.61. The number of rotatable bonds is 8. The Morgan fingerprint density at radius 1 is 0.769 bits per heavy atom. The Morgan fingerprint density at radius 3 is 2.13 bits per heavy atom. The number of fused-ring (bicyclic) bond motifs is 1. The second-order valence-corrected chi connectivity index (χ2v) is 11.5. The van der Waals surface area contributed by atoms with Gasteiger partial charge in [-0.15, -0.1) is 0 Å².